The Morgan fingerprint density at radius 1 is 0.833 bits per heavy atom. The van der Waals surface area contributed by atoms with Crippen molar-refractivity contribution in [3.8, 4) is 23.0 Å². The minimum absolute atomic E-state index is 0.0246. The van der Waals surface area contributed by atoms with Gasteiger partial charge in [0, 0.05) is 50.6 Å². The van der Waals surface area contributed by atoms with Crippen molar-refractivity contribution in [2.75, 3.05) is 72.1 Å². The van der Waals surface area contributed by atoms with Gasteiger partial charge in [-0.3, -0.25) is 9.59 Å². The van der Waals surface area contributed by atoms with Crippen molar-refractivity contribution < 1.29 is 28.5 Å². The van der Waals surface area contributed by atoms with Crippen LogP contribution in [-0.4, -0.2) is 93.8 Å². The maximum absolute atomic E-state index is 13.4. The molecule has 3 aromatic rings. The number of aromatic nitrogens is 1. The van der Waals surface area contributed by atoms with E-state index < -0.39 is 0 Å². The Labute approximate surface area is 250 Å². The van der Waals surface area contributed by atoms with Crippen LogP contribution in [0.25, 0.3) is 0 Å². The van der Waals surface area contributed by atoms with Crippen LogP contribution in [0, 0.1) is 0 Å². The van der Waals surface area contributed by atoms with Crippen LogP contribution in [0.4, 0.5) is 5.69 Å². The van der Waals surface area contributed by atoms with Gasteiger partial charge in [0.1, 0.15) is 11.4 Å². The van der Waals surface area contributed by atoms with E-state index in [1.54, 1.807) is 19.2 Å². The number of para-hydroxylation sites is 2. The summed E-state index contributed by atoms with van der Waals surface area (Å²) in [7, 11) is 4.59. The zero-order valence-corrected chi connectivity index (χ0v) is 25.4. The maximum Gasteiger partial charge on any atom is 0.273 e. The lowest BCUT2D eigenvalue weighted by atomic mass is 9.96. The Kier molecular flexibility index (Phi) is 9.36. The molecule has 2 aliphatic rings. The molecule has 224 valence electrons. The molecule has 0 saturated carbocycles. The van der Waals surface area contributed by atoms with E-state index in [1.807, 2.05) is 40.3 Å². The van der Waals surface area contributed by atoms with Crippen LogP contribution < -0.4 is 23.8 Å². The molecule has 0 radical (unpaired) electrons. The van der Waals surface area contributed by atoms with Gasteiger partial charge in [0.2, 0.25) is 5.75 Å². The van der Waals surface area contributed by atoms with E-state index >= 15 is 0 Å². The smallest absolute Gasteiger partial charge is 0.273 e. The minimum Gasteiger partial charge on any atom is -0.493 e. The fourth-order valence-electron chi connectivity index (χ4n) is 5.65. The number of ether oxygens (including phenoxy) is 4. The van der Waals surface area contributed by atoms with Crippen molar-refractivity contribution in [3.63, 3.8) is 0 Å². The van der Waals surface area contributed by atoms with Gasteiger partial charge in [0.25, 0.3) is 11.8 Å². The number of anilines is 1. The normalized spacial score (nSPS) is 15.9. The van der Waals surface area contributed by atoms with Crippen LogP contribution in [0.5, 0.6) is 23.0 Å². The lowest BCUT2D eigenvalue weighted by Crippen LogP contribution is -2.49. The van der Waals surface area contributed by atoms with E-state index in [4.69, 9.17) is 23.9 Å². The van der Waals surface area contributed by atoms with Crippen molar-refractivity contribution >= 4 is 28.8 Å². The van der Waals surface area contributed by atoms with Gasteiger partial charge in [-0.25, -0.2) is 4.98 Å². The van der Waals surface area contributed by atoms with Crippen LogP contribution in [-0.2, 0) is 0 Å². The van der Waals surface area contributed by atoms with E-state index in [1.165, 1.54) is 25.6 Å². The van der Waals surface area contributed by atoms with E-state index in [0.29, 0.717) is 61.3 Å². The number of piperazine rings is 1. The van der Waals surface area contributed by atoms with Gasteiger partial charge in [-0.2, -0.15) is 0 Å². The molecule has 0 unspecified atom stereocenters. The third-order valence-corrected chi connectivity index (χ3v) is 8.89. The topological polar surface area (TPSA) is 93.7 Å². The zero-order chi connectivity index (χ0) is 29.6. The Morgan fingerprint density at radius 2 is 1.52 bits per heavy atom. The van der Waals surface area contributed by atoms with Gasteiger partial charge in [-0.15, -0.1) is 11.3 Å². The number of thiazole rings is 1. The van der Waals surface area contributed by atoms with Crippen molar-refractivity contribution in [2.45, 2.75) is 25.7 Å². The molecule has 2 fully saturated rings. The molecule has 11 heteroatoms. The van der Waals surface area contributed by atoms with Gasteiger partial charge in [0.15, 0.2) is 11.5 Å². The summed E-state index contributed by atoms with van der Waals surface area (Å²) in [5.41, 5.74) is 2.01. The Morgan fingerprint density at radius 3 is 2.19 bits per heavy atom. The molecule has 0 N–H and O–H groups in total. The van der Waals surface area contributed by atoms with Gasteiger partial charge in [-0.1, -0.05) is 12.1 Å². The summed E-state index contributed by atoms with van der Waals surface area (Å²) < 4.78 is 22.1. The first-order chi connectivity index (χ1) is 20.5. The monoisotopic (exact) mass is 594 g/mol. The number of amides is 2. The summed E-state index contributed by atoms with van der Waals surface area (Å²) in [4.78, 5) is 37.5. The first kappa shape index (κ1) is 29.5. The zero-order valence-electron chi connectivity index (χ0n) is 24.6. The number of methoxy groups -OCH3 is 3. The molecule has 3 heterocycles. The summed E-state index contributed by atoms with van der Waals surface area (Å²) in [6, 6.07) is 11.5. The molecule has 1 aromatic heterocycles. The highest BCUT2D eigenvalue weighted by molar-refractivity contribution is 7.09. The highest BCUT2D eigenvalue weighted by Crippen LogP contribution is 2.41. The summed E-state index contributed by atoms with van der Waals surface area (Å²) in [5.74, 6) is 2.23. The molecule has 2 saturated heterocycles. The number of carbonyl (C=O) groups excluding carboxylic acids is 2. The van der Waals surface area contributed by atoms with Crippen LogP contribution in [0.1, 0.15) is 51.5 Å². The number of likely N-dealkylation sites (tertiary alicyclic amines) is 1. The summed E-state index contributed by atoms with van der Waals surface area (Å²) in [6.45, 7) is 6.52. The van der Waals surface area contributed by atoms with E-state index in [9.17, 15) is 9.59 Å². The molecule has 42 heavy (non-hydrogen) atoms. The largest absolute Gasteiger partial charge is 0.493 e. The molecule has 0 bridgehead atoms. The summed E-state index contributed by atoms with van der Waals surface area (Å²) in [5, 5.41) is 2.83. The van der Waals surface area contributed by atoms with E-state index in [-0.39, 0.29) is 17.7 Å². The lowest BCUT2D eigenvalue weighted by molar-refractivity contribution is 0.0708. The number of piperidine rings is 1. The highest BCUT2D eigenvalue weighted by atomic mass is 32.1. The van der Waals surface area contributed by atoms with Crippen molar-refractivity contribution in [1.82, 2.24) is 14.8 Å². The lowest BCUT2D eigenvalue weighted by Gasteiger charge is -2.36. The average Bonchev–Trinajstić information content (AvgIpc) is 3.54. The summed E-state index contributed by atoms with van der Waals surface area (Å²) >= 11 is 1.53. The number of benzene rings is 2. The molecule has 10 nitrogen and oxygen atoms in total. The standard InChI is InChI=1S/C31H38N4O6S/c1-5-41-25-9-7-6-8-24(25)33-16-18-35(19-17-33)31(37)23-20-42-29(32-23)21-12-14-34(15-13-21)30(36)22-10-11-26(38-2)28(40-4)27(22)39-3/h6-11,20-21H,5,12-19H2,1-4H3. The molecule has 2 amide bonds. The van der Waals surface area contributed by atoms with Crippen LogP contribution in [0.3, 0.4) is 0 Å². The molecule has 0 atom stereocenters. The number of rotatable bonds is 9. The number of hydrogen-bond donors (Lipinski definition) is 0. The third-order valence-electron chi connectivity index (χ3n) is 7.88. The van der Waals surface area contributed by atoms with Crippen molar-refractivity contribution in [3.05, 3.63) is 58.0 Å². The fraction of sp³-hybridized carbons (Fsp3) is 0.452. The fourth-order valence-corrected chi connectivity index (χ4v) is 6.62. The second-order valence-corrected chi connectivity index (χ2v) is 11.1. The third kappa shape index (κ3) is 5.97. The second-order valence-electron chi connectivity index (χ2n) is 10.2. The van der Waals surface area contributed by atoms with Crippen LogP contribution >= 0.6 is 11.3 Å². The molecule has 2 aromatic carbocycles. The van der Waals surface area contributed by atoms with Gasteiger partial charge in [0.05, 0.1) is 44.2 Å². The molecular weight excluding hydrogens is 556 g/mol. The maximum atomic E-state index is 13.4. The van der Waals surface area contributed by atoms with Crippen molar-refractivity contribution in [2.24, 2.45) is 0 Å². The first-order valence-electron chi connectivity index (χ1n) is 14.3. The summed E-state index contributed by atoms with van der Waals surface area (Å²) in [6.07, 6.45) is 1.56. The first-order valence-corrected chi connectivity index (χ1v) is 15.2. The molecule has 2 aliphatic heterocycles. The van der Waals surface area contributed by atoms with Crippen LogP contribution in [0.15, 0.2) is 41.8 Å². The van der Waals surface area contributed by atoms with E-state index in [0.717, 1.165) is 42.4 Å². The Hall–Kier alpha value is -3.99. The number of nitrogens with zero attached hydrogens (tertiary/aromatic N) is 4. The quantitative estimate of drug-likeness (QED) is 0.356. The van der Waals surface area contributed by atoms with Gasteiger partial charge >= 0.3 is 0 Å². The average molecular weight is 595 g/mol. The number of hydrogen-bond acceptors (Lipinski definition) is 9. The van der Waals surface area contributed by atoms with Crippen molar-refractivity contribution in [1.29, 1.82) is 0 Å². The second kappa shape index (κ2) is 13.3. The Balaban J connectivity index is 1.17. The SMILES string of the molecule is CCOc1ccccc1N1CCN(C(=O)c2csc(C3CCN(C(=O)c4ccc(OC)c(OC)c4OC)CC3)n2)CC1. The molecule has 0 spiro atoms. The number of carbonyl (C=O) groups is 2. The van der Waals surface area contributed by atoms with E-state index in [2.05, 4.69) is 11.0 Å². The van der Waals surface area contributed by atoms with Gasteiger partial charge in [-0.05, 0) is 44.0 Å². The molecular formula is C31H38N4O6S. The highest BCUT2D eigenvalue weighted by Gasteiger charge is 2.31. The molecule has 5 rings (SSSR count). The molecule has 0 aliphatic carbocycles. The minimum atomic E-state index is -0.107. The van der Waals surface area contributed by atoms with Crippen LogP contribution in [0.2, 0.25) is 0 Å². The predicted molar refractivity (Wildman–Crippen MR) is 162 cm³/mol. The predicted octanol–water partition coefficient (Wildman–Crippen LogP) is 4.55. The van der Waals surface area contributed by atoms with Gasteiger partial charge < -0.3 is 33.6 Å². The Bertz CT molecular complexity index is 1400.